The molecule has 2 aromatic heterocycles. The maximum Gasteiger partial charge on any atom is 0.255 e. The summed E-state index contributed by atoms with van der Waals surface area (Å²) in [5.41, 5.74) is 10.1. The number of hydrogen-bond acceptors (Lipinski definition) is 7. The number of nitrogens with zero attached hydrogens (tertiary/aromatic N) is 4. The van der Waals surface area contributed by atoms with Crippen molar-refractivity contribution in [1.29, 1.82) is 5.53 Å². The highest BCUT2D eigenvalue weighted by Crippen LogP contribution is 2.41. The number of amides is 1. The predicted molar refractivity (Wildman–Crippen MR) is 125 cm³/mol. The van der Waals surface area contributed by atoms with Gasteiger partial charge in [0, 0.05) is 47.9 Å². The zero-order valence-corrected chi connectivity index (χ0v) is 18.7. The Hall–Kier alpha value is -3.63. The molecule has 2 aliphatic rings. The van der Waals surface area contributed by atoms with Gasteiger partial charge in [-0.3, -0.25) is 4.79 Å². The van der Waals surface area contributed by atoms with E-state index in [-0.39, 0.29) is 23.2 Å². The van der Waals surface area contributed by atoms with Gasteiger partial charge >= 0.3 is 0 Å². The molecule has 34 heavy (non-hydrogen) atoms. The second kappa shape index (κ2) is 8.62. The standard InChI is InChI=1S/C23H26F2N8O/c1-23(33-6-2-3-20(33)34)8-14(9-23)30-22-29-11-16-15(10-28-21(16)31-22)13-4-5-17(32-26)18(7-13)27-12-19(24)25/h4-5,7,10-11,14,19,26-27H,2-3,6,8-9,12H2,1H3,(H2,28,29,30,31). The van der Waals surface area contributed by atoms with Crippen molar-refractivity contribution in [2.75, 3.05) is 23.7 Å². The Morgan fingerprint density at radius 2 is 2.21 bits per heavy atom. The Balaban J connectivity index is 1.31. The summed E-state index contributed by atoms with van der Waals surface area (Å²) in [6, 6.07) is 5.30. The normalized spacial score (nSPS) is 22.3. The quantitative estimate of drug-likeness (QED) is 0.350. The van der Waals surface area contributed by atoms with E-state index in [0.717, 1.165) is 42.3 Å². The monoisotopic (exact) mass is 468 g/mol. The highest BCUT2D eigenvalue weighted by molar-refractivity contribution is 5.94. The summed E-state index contributed by atoms with van der Waals surface area (Å²) in [6.45, 7) is 2.45. The molecular formula is C23H26F2N8O. The van der Waals surface area contributed by atoms with Crippen LogP contribution in [0.3, 0.4) is 0 Å². The van der Waals surface area contributed by atoms with E-state index in [1.54, 1.807) is 30.6 Å². The molecule has 9 nitrogen and oxygen atoms in total. The molecule has 1 aliphatic heterocycles. The number of anilines is 2. The maximum atomic E-state index is 12.6. The Kier molecular flexibility index (Phi) is 5.62. The van der Waals surface area contributed by atoms with Gasteiger partial charge in [-0.15, -0.1) is 0 Å². The molecule has 0 bridgehead atoms. The molecule has 1 aromatic carbocycles. The largest absolute Gasteiger partial charge is 0.377 e. The molecule has 2 fully saturated rings. The van der Waals surface area contributed by atoms with Crippen LogP contribution in [0.2, 0.25) is 0 Å². The van der Waals surface area contributed by atoms with E-state index >= 15 is 0 Å². The van der Waals surface area contributed by atoms with Crippen molar-refractivity contribution in [3.63, 3.8) is 0 Å². The lowest BCUT2D eigenvalue weighted by Gasteiger charge is -2.51. The first-order chi connectivity index (χ1) is 16.4. The van der Waals surface area contributed by atoms with Gasteiger partial charge in [0.15, 0.2) is 0 Å². The minimum atomic E-state index is -2.51. The second-order valence-electron chi connectivity index (χ2n) is 9.17. The number of likely N-dealkylation sites (tertiary alicyclic amines) is 1. The predicted octanol–water partition coefficient (Wildman–Crippen LogP) is 4.92. The first-order valence-electron chi connectivity index (χ1n) is 11.3. The third-order valence-corrected chi connectivity index (χ3v) is 6.74. The Bertz CT molecular complexity index is 1240. The van der Waals surface area contributed by atoms with Gasteiger partial charge in [0.1, 0.15) is 11.3 Å². The van der Waals surface area contributed by atoms with Crippen molar-refractivity contribution >= 4 is 34.3 Å². The average molecular weight is 469 g/mol. The third-order valence-electron chi connectivity index (χ3n) is 6.74. The molecule has 5 rings (SSSR count). The number of carbonyl (C=O) groups excluding carboxylic acids is 1. The van der Waals surface area contributed by atoms with E-state index < -0.39 is 13.0 Å². The highest BCUT2D eigenvalue weighted by atomic mass is 19.3. The molecule has 3 aromatic rings. The number of nitrogens with one attached hydrogen (secondary N) is 4. The van der Waals surface area contributed by atoms with Gasteiger partial charge in [-0.25, -0.2) is 19.3 Å². The van der Waals surface area contributed by atoms with Crippen molar-refractivity contribution in [1.82, 2.24) is 19.9 Å². The van der Waals surface area contributed by atoms with Crippen molar-refractivity contribution in [3.05, 3.63) is 30.6 Å². The molecule has 0 radical (unpaired) electrons. The lowest BCUT2D eigenvalue weighted by atomic mass is 9.73. The van der Waals surface area contributed by atoms with Crippen molar-refractivity contribution in [2.45, 2.75) is 50.6 Å². The number of halogens is 2. The van der Waals surface area contributed by atoms with E-state index in [0.29, 0.717) is 23.7 Å². The average Bonchev–Trinajstić information content (AvgIpc) is 3.42. The van der Waals surface area contributed by atoms with Crippen LogP contribution in [0.1, 0.15) is 32.6 Å². The Morgan fingerprint density at radius 1 is 1.38 bits per heavy atom. The molecule has 11 heteroatoms. The van der Waals surface area contributed by atoms with E-state index in [4.69, 9.17) is 5.53 Å². The summed E-state index contributed by atoms with van der Waals surface area (Å²) in [5.74, 6) is 0.762. The van der Waals surface area contributed by atoms with Crippen LogP contribution in [-0.4, -0.2) is 56.9 Å². The van der Waals surface area contributed by atoms with Crippen molar-refractivity contribution < 1.29 is 13.6 Å². The van der Waals surface area contributed by atoms with Gasteiger partial charge in [0.25, 0.3) is 6.43 Å². The maximum absolute atomic E-state index is 12.6. The summed E-state index contributed by atoms with van der Waals surface area (Å²) in [6.07, 6.45) is 4.31. The molecule has 1 amide bonds. The van der Waals surface area contributed by atoms with Crippen LogP contribution >= 0.6 is 0 Å². The summed E-state index contributed by atoms with van der Waals surface area (Å²) in [7, 11) is 0. The van der Waals surface area contributed by atoms with E-state index in [9.17, 15) is 13.6 Å². The number of carbonyl (C=O) groups is 1. The number of benzene rings is 1. The molecule has 1 saturated carbocycles. The zero-order valence-electron chi connectivity index (χ0n) is 18.7. The van der Waals surface area contributed by atoms with Crippen LogP contribution in [0, 0.1) is 5.53 Å². The molecular weight excluding hydrogens is 442 g/mol. The fourth-order valence-corrected chi connectivity index (χ4v) is 5.07. The number of fused-ring (bicyclic) bond motifs is 1. The van der Waals surface area contributed by atoms with Crippen LogP contribution in [0.4, 0.5) is 26.1 Å². The Labute approximate surface area is 194 Å². The Morgan fingerprint density at radius 3 is 2.91 bits per heavy atom. The summed E-state index contributed by atoms with van der Waals surface area (Å²) in [4.78, 5) is 26.3. The van der Waals surface area contributed by atoms with Gasteiger partial charge < -0.3 is 20.5 Å². The SMILES string of the molecule is CC1(N2CCCC2=O)CC(Nc2ncc3c(-c4ccc(N=N)c(NCC(F)F)c4)c[nH]c3n2)C1. The molecule has 1 saturated heterocycles. The molecule has 3 heterocycles. The number of H-pyrrole nitrogens is 1. The number of alkyl halides is 2. The number of aromatic nitrogens is 3. The van der Waals surface area contributed by atoms with Gasteiger partial charge in [-0.05, 0) is 43.9 Å². The first kappa shape index (κ1) is 22.2. The van der Waals surface area contributed by atoms with E-state index in [1.165, 1.54) is 0 Å². The molecule has 0 spiro atoms. The van der Waals surface area contributed by atoms with Gasteiger partial charge in [-0.1, -0.05) is 6.07 Å². The van der Waals surface area contributed by atoms with Crippen LogP contribution < -0.4 is 10.6 Å². The second-order valence-corrected chi connectivity index (χ2v) is 9.17. The number of aromatic amines is 1. The summed E-state index contributed by atoms with van der Waals surface area (Å²) >= 11 is 0. The van der Waals surface area contributed by atoms with Crippen molar-refractivity contribution in [2.24, 2.45) is 5.11 Å². The van der Waals surface area contributed by atoms with Crippen molar-refractivity contribution in [3.8, 4) is 11.1 Å². The summed E-state index contributed by atoms with van der Waals surface area (Å²) < 4.78 is 25.3. The molecule has 0 atom stereocenters. The highest BCUT2D eigenvalue weighted by Gasteiger charge is 2.48. The fourth-order valence-electron chi connectivity index (χ4n) is 5.07. The van der Waals surface area contributed by atoms with Crippen LogP contribution in [0.15, 0.2) is 35.7 Å². The zero-order chi connectivity index (χ0) is 23.9. The molecule has 1 aliphatic carbocycles. The number of rotatable bonds is 8. The third kappa shape index (κ3) is 4.06. The molecule has 178 valence electrons. The lowest BCUT2D eigenvalue weighted by Crippen LogP contribution is -2.59. The van der Waals surface area contributed by atoms with Gasteiger partial charge in [0.2, 0.25) is 11.9 Å². The fraction of sp³-hybridized carbons (Fsp3) is 0.435. The van der Waals surface area contributed by atoms with Crippen LogP contribution in [0.5, 0.6) is 0 Å². The molecule has 4 N–H and O–H groups in total. The van der Waals surface area contributed by atoms with E-state index in [2.05, 4.69) is 37.6 Å². The smallest absolute Gasteiger partial charge is 0.255 e. The van der Waals surface area contributed by atoms with Gasteiger partial charge in [-0.2, -0.15) is 10.1 Å². The topological polar surface area (TPSA) is 122 Å². The molecule has 0 unspecified atom stereocenters. The minimum Gasteiger partial charge on any atom is -0.377 e. The first-order valence-corrected chi connectivity index (χ1v) is 11.3. The van der Waals surface area contributed by atoms with Crippen LogP contribution in [-0.2, 0) is 4.79 Å². The summed E-state index contributed by atoms with van der Waals surface area (Å²) in [5, 5.41) is 10.2. The van der Waals surface area contributed by atoms with Gasteiger partial charge in [0.05, 0.1) is 12.2 Å². The minimum absolute atomic E-state index is 0.0947. The van der Waals surface area contributed by atoms with Crippen LogP contribution in [0.25, 0.3) is 22.2 Å². The van der Waals surface area contributed by atoms with E-state index in [1.807, 2.05) is 4.90 Å². The lowest BCUT2D eigenvalue weighted by molar-refractivity contribution is -0.136. The number of hydrogen-bond donors (Lipinski definition) is 4.